The van der Waals surface area contributed by atoms with Gasteiger partial charge in [-0.25, -0.2) is 0 Å². The third-order valence-corrected chi connectivity index (χ3v) is 4.09. The Morgan fingerprint density at radius 1 is 1.10 bits per heavy atom. The maximum absolute atomic E-state index is 8.67. The van der Waals surface area contributed by atoms with Crippen molar-refractivity contribution in [1.29, 1.82) is 5.26 Å². The molecule has 0 saturated heterocycles. The van der Waals surface area contributed by atoms with Crippen LogP contribution in [-0.4, -0.2) is 20.4 Å². The van der Waals surface area contributed by atoms with E-state index in [1.165, 1.54) is 31.0 Å². The molecule has 2 aromatic rings. The van der Waals surface area contributed by atoms with E-state index in [0.717, 1.165) is 18.7 Å². The summed E-state index contributed by atoms with van der Waals surface area (Å²) in [4.78, 5) is 0. The monoisotopic (exact) mass is 287 g/mol. The largest absolute Gasteiger partial charge is 0.415 e. The molecule has 1 fully saturated rings. The molecule has 3 rings (SSSR count). The zero-order valence-electron chi connectivity index (χ0n) is 10.8. The minimum atomic E-state index is 0.294. The van der Waals surface area contributed by atoms with E-state index >= 15 is 0 Å². The summed E-state index contributed by atoms with van der Waals surface area (Å²) in [6.07, 6.45) is 6.02. The molecule has 0 bridgehead atoms. The molecule has 0 aromatic carbocycles. The van der Waals surface area contributed by atoms with Crippen molar-refractivity contribution in [3.63, 3.8) is 0 Å². The van der Waals surface area contributed by atoms with Gasteiger partial charge in [0.15, 0.2) is 5.69 Å². The first-order valence-electron chi connectivity index (χ1n) is 6.60. The van der Waals surface area contributed by atoms with Crippen molar-refractivity contribution in [2.45, 2.75) is 48.3 Å². The van der Waals surface area contributed by atoms with Crippen molar-refractivity contribution in [2.75, 3.05) is 0 Å². The Morgan fingerprint density at radius 2 is 1.95 bits per heavy atom. The maximum Gasteiger partial charge on any atom is 0.283 e. The molecule has 2 aromatic heterocycles. The van der Waals surface area contributed by atoms with Gasteiger partial charge in [-0.05, 0) is 36.7 Å². The van der Waals surface area contributed by atoms with Crippen LogP contribution in [0.2, 0.25) is 0 Å². The average Bonchev–Trinajstić information content (AvgIpc) is 2.97. The smallest absolute Gasteiger partial charge is 0.283 e. The number of nitrogens with zero attached hydrogens (tertiary/aromatic N) is 5. The number of hydrogen-bond donors (Lipinski definition) is 0. The van der Waals surface area contributed by atoms with E-state index in [2.05, 4.69) is 20.4 Å². The predicted octanol–water partition coefficient (Wildman–Crippen LogP) is 2.93. The normalized spacial score (nSPS) is 15.9. The van der Waals surface area contributed by atoms with Crippen LogP contribution in [-0.2, 0) is 0 Å². The molecule has 102 valence electrons. The lowest BCUT2D eigenvalue weighted by Gasteiger charge is -2.17. The fourth-order valence-electron chi connectivity index (χ4n) is 2.30. The van der Waals surface area contributed by atoms with Crippen molar-refractivity contribution in [1.82, 2.24) is 20.4 Å². The predicted molar refractivity (Wildman–Crippen MR) is 71.0 cm³/mol. The van der Waals surface area contributed by atoms with Crippen LogP contribution < -0.4 is 0 Å². The second-order valence-electron chi connectivity index (χ2n) is 4.71. The van der Waals surface area contributed by atoms with Crippen LogP contribution >= 0.6 is 11.8 Å². The maximum atomic E-state index is 8.67. The molecule has 0 atom stereocenters. The van der Waals surface area contributed by atoms with Crippen LogP contribution in [0.5, 0.6) is 0 Å². The lowest BCUT2D eigenvalue weighted by atomic mass is 9.89. The van der Waals surface area contributed by atoms with Gasteiger partial charge in [-0.15, -0.1) is 20.4 Å². The Labute approximate surface area is 120 Å². The van der Waals surface area contributed by atoms with E-state index in [4.69, 9.17) is 9.68 Å². The van der Waals surface area contributed by atoms with E-state index < -0.39 is 0 Å². The molecular weight excluding hydrogens is 274 g/mol. The zero-order chi connectivity index (χ0) is 13.8. The quantitative estimate of drug-likeness (QED) is 0.857. The Morgan fingerprint density at radius 3 is 2.65 bits per heavy atom. The third-order valence-electron chi connectivity index (χ3n) is 3.32. The number of rotatable bonds is 3. The van der Waals surface area contributed by atoms with Crippen molar-refractivity contribution in [3.05, 3.63) is 23.7 Å². The van der Waals surface area contributed by atoms with Gasteiger partial charge in [-0.2, -0.15) is 5.26 Å². The minimum Gasteiger partial charge on any atom is -0.415 e. The minimum absolute atomic E-state index is 0.294. The summed E-state index contributed by atoms with van der Waals surface area (Å²) < 4.78 is 5.69. The molecule has 1 aliphatic rings. The SMILES string of the molecule is N#Cc1ccc(Sc2nnc(C3CCCCC3)o2)nn1. The first kappa shape index (κ1) is 13.1. The molecule has 0 aliphatic heterocycles. The van der Waals surface area contributed by atoms with Crippen molar-refractivity contribution < 1.29 is 4.42 Å². The molecule has 1 aliphatic carbocycles. The van der Waals surface area contributed by atoms with E-state index in [0.29, 0.717) is 21.9 Å². The lowest BCUT2D eigenvalue weighted by Crippen LogP contribution is -2.04. The summed E-state index contributed by atoms with van der Waals surface area (Å²) in [6, 6.07) is 5.27. The van der Waals surface area contributed by atoms with Gasteiger partial charge in [0.05, 0.1) is 0 Å². The van der Waals surface area contributed by atoms with Gasteiger partial charge >= 0.3 is 0 Å². The van der Waals surface area contributed by atoms with Crippen LogP contribution in [0.1, 0.15) is 49.6 Å². The van der Waals surface area contributed by atoms with E-state index in [1.807, 2.05) is 6.07 Å². The van der Waals surface area contributed by atoms with Gasteiger partial charge < -0.3 is 4.42 Å². The van der Waals surface area contributed by atoms with Crippen molar-refractivity contribution in [2.24, 2.45) is 0 Å². The van der Waals surface area contributed by atoms with Crippen molar-refractivity contribution in [3.8, 4) is 6.07 Å². The molecule has 20 heavy (non-hydrogen) atoms. The van der Waals surface area contributed by atoms with Gasteiger partial charge in [-0.1, -0.05) is 19.3 Å². The van der Waals surface area contributed by atoms with Crippen LogP contribution in [0.25, 0.3) is 0 Å². The van der Waals surface area contributed by atoms with Crippen LogP contribution in [0, 0.1) is 11.3 Å². The fraction of sp³-hybridized carbons (Fsp3) is 0.462. The molecule has 0 unspecified atom stereocenters. The highest BCUT2D eigenvalue weighted by atomic mass is 32.2. The molecule has 6 nitrogen and oxygen atoms in total. The molecular formula is C13H13N5OS. The first-order valence-corrected chi connectivity index (χ1v) is 7.42. The van der Waals surface area contributed by atoms with Gasteiger partial charge in [0.25, 0.3) is 5.22 Å². The Kier molecular flexibility index (Phi) is 3.92. The molecule has 0 amide bonds. The zero-order valence-corrected chi connectivity index (χ0v) is 11.6. The Bertz CT molecular complexity index is 612. The van der Waals surface area contributed by atoms with Crippen LogP contribution in [0.3, 0.4) is 0 Å². The van der Waals surface area contributed by atoms with Gasteiger partial charge in [0, 0.05) is 5.92 Å². The van der Waals surface area contributed by atoms with E-state index in [9.17, 15) is 0 Å². The Hall–Kier alpha value is -1.94. The number of hydrogen-bond acceptors (Lipinski definition) is 7. The molecule has 2 heterocycles. The highest BCUT2D eigenvalue weighted by Crippen LogP contribution is 2.33. The highest BCUT2D eigenvalue weighted by molar-refractivity contribution is 7.99. The molecule has 0 radical (unpaired) electrons. The first-order chi connectivity index (χ1) is 9.85. The van der Waals surface area contributed by atoms with Gasteiger partial charge in [0.2, 0.25) is 5.89 Å². The average molecular weight is 287 g/mol. The number of aromatic nitrogens is 4. The van der Waals surface area contributed by atoms with Gasteiger partial charge in [0.1, 0.15) is 11.1 Å². The van der Waals surface area contributed by atoms with Crippen molar-refractivity contribution >= 4 is 11.8 Å². The summed E-state index contributed by atoms with van der Waals surface area (Å²) in [5, 5.41) is 25.7. The molecule has 1 saturated carbocycles. The summed E-state index contributed by atoms with van der Waals surface area (Å²) in [5.41, 5.74) is 0.294. The second-order valence-corrected chi connectivity index (χ2v) is 5.68. The standard InChI is InChI=1S/C13H13N5OS/c14-8-10-6-7-11(16-15-10)20-13-18-17-12(19-13)9-4-2-1-3-5-9/h6-7,9H,1-5H2. The molecule has 0 spiro atoms. The Balaban J connectivity index is 1.68. The van der Waals surface area contributed by atoms with E-state index in [-0.39, 0.29) is 0 Å². The van der Waals surface area contributed by atoms with Crippen LogP contribution in [0.4, 0.5) is 0 Å². The topological polar surface area (TPSA) is 88.5 Å². The summed E-state index contributed by atoms with van der Waals surface area (Å²) in [7, 11) is 0. The fourth-order valence-corrected chi connectivity index (χ4v) is 2.91. The van der Waals surface area contributed by atoms with E-state index in [1.54, 1.807) is 12.1 Å². The second kappa shape index (κ2) is 6.01. The molecule has 7 heteroatoms. The number of nitriles is 1. The molecule has 0 N–H and O–H groups in total. The summed E-state index contributed by atoms with van der Waals surface area (Å²) >= 11 is 1.27. The van der Waals surface area contributed by atoms with Gasteiger partial charge in [-0.3, -0.25) is 0 Å². The lowest BCUT2D eigenvalue weighted by molar-refractivity contribution is 0.334. The van der Waals surface area contributed by atoms with Crippen LogP contribution in [0.15, 0.2) is 26.8 Å². The third kappa shape index (κ3) is 2.96. The highest BCUT2D eigenvalue weighted by Gasteiger charge is 2.21. The summed E-state index contributed by atoms with van der Waals surface area (Å²) in [5.74, 6) is 1.13. The summed E-state index contributed by atoms with van der Waals surface area (Å²) in [6.45, 7) is 0.